The van der Waals surface area contributed by atoms with E-state index in [1.165, 1.54) is 0 Å². The maximum Gasteiger partial charge on any atom is 0.164 e. The maximum absolute atomic E-state index is 9.53. The van der Waals surface area contributed by atoms with Crippen molar-refractivity contribution in [2.45, 2.75) is 19.8 Å². The van der Waals surface area contributed by atoms with E-state index in [4.69, 9.17) is 14.2 Å². The van der Waals surface area contributed by atoms with Crippen molar-refractivity contribution in [1.82, 2.24) is 0 Å². The van der Waals surface area contributed by atoms with E-state index < -0.39 is 0 Å². The van der Waals surface area contributed by atoms with Gasteiger partial charge in [-0.05, 0) is 12.0 Å². The van der Waals surface area contributed by atoms with E-state index in [9.17, 15) is 5.11 Å². The first-order valence-corrected chi connectivity index (χ1v) is 5.99. The molecule has 1 atom stereocenters. The molecule has 0 aliphatic heterocycles. The molecule has 4 heteroatoms. The molecule has 102 valence electrons. The summed E-state index contributed by atoms with van der Waals surface area (Å²) in [6.45, 7) is 4.21. The zero-order valence-corrected chi connectivity index (χ0v) is 11.7. The lowest BCUT2D eigenvalue weighted by atomic mass is 9.88. The smallest absolute Gasteiger partial charge is 0.164 e. The van der Waals surface area contributed by atoms with Crippen LogP contribution in [-0.2, 0) is 0 Å². The summed E-state index contributed by atoms with van der Waals surface area (Å²) >= 11 is 0. The Morgan fingerprint density at radius 1 is 0.944 bits per heavy atom. The van der Waals surface area contributed by atoms with Gasteiger partial charge in [0.05, 0.1) is 27.9 Å². The summed E-state index contributed by atoms with van der Waals surface area (Å²) in [6.07, 6.45) is 0. The molecule has 0 heterocycles. The minimum atomic E-state index is 0.0137. The standard InChI is InChI=1S/C14H22O4/c1-9(2)11(8-15)10-6-13(17-4)14(18-5)7-12(10)16-3/h6-7,9,11,15H,8H2,1-5H3. The van der Waals surface area contributed by atoms with Crippen LogP contribution in [0.4, 0.5) is 0 Å². The third-order valence-electron chi connectivity index (χ3n) is 3.14. The molecule has 0 radical (unpaired) electrons. The van der Waals surface area contributed by atoms with E-state index >= 15 is 0 Å². The number of aliphatic hydroxyl groups is 1. The molecule has 1 unspecified atom stereocenters. The van der Waals surface area contributed by atoms with E-state index in [-0.39, 0.29) is 12.5 Å². The van der Waals surface area contributed by atoms with Gasteiger partial charge in [0.25, 0.3) is 0 Å². The fraction of sp³-hybridized carbons (Fsp3) is 0.571. The van der Waals surface area contributed by atoms with Crippen LogP contribution in [0.1, 0.15) is 25.3 Å². The summed E-state index contributed by atoms with van der Waals surface area (Å²) in [7, 11) is 4.79. The number of benzene rings is 1. The quantitative estimate of drug-likeness (QED) is 0.847. The molecule has 1 aromatic carbocycles. The summed E-state index contributed by atoms with van der Waals surface area (Å²) in [5.41, 5.74) is 0.938. The molecule has 0 aliphatic rings. The molecule has 0 spiro atoms. The number of hydrogen-bond acceptors (Lipinski definition) is 4. The van der Waals surface area contributed by atoms with Crippen molar-refractivity contribution in [3.05, 3.63) is 17.7 Å². The number of rotatable bonds is 6. The Kier molecular flexibility index (Phi) is 5.28. The highest BCUT2D eigenvalue weighted by Gasteiger charge is 2.21. The van der Waals surface area contributed by atoms with Gasteiger partial charge in [-0.25, -0.2) is 0 Å². The maximum atomic E-state index is 9.53. The van der Waals surface area contributed by atoms with Crippen molar-refractivity contribution in [1.29, 1.82) is 0 Å². The molecule has 1 aromatic rings. The molecule has 0 aliphatic carbocycles. The van der Waals surface area contributed by atoms with Gasteiger partial charge in [0.15, 0.2) is 11.5 Å². The van der Waals surface area contributed by atoms with Crippen LogP contribution in [-0.4, -0.2) is 33.0 Å². The molecule has 0 aromatic heterocycles. The third kappa shape index (κ3) is 2.88. The largest absolute Gasteiger partial charge is 0.496 e. The Labute approximate surface area is 108 Å². The first kappa shape index (κ1) is 14.6. The van der Waals surface area contributed by atoms with Crippen LogP contribution in [0.5, 0.6) is 17.2 Å². The SMILES string of the molecule is COc1cc(OC)c(C(CO)C(C)C)cc1OC. The highest BCUT2D eigenvalue weighted by atomic mass is 16.5. The summed E-state index contributed by atoms with van der Waals surface area (Å²) in [5, 5.41) is 9.53. The van der Waals surface area contributed by atoms with Crippen LogP contribution in [0.3, 0.4) is 0 Å². The number of aliphatic hydroxyl groups excluding tert-OH is 1. The zero-order valence-electron chi connectivity index (χ0n) is 11.7. The van der Waals surface area contributed by atoms with Crippen molar-refractivity contribution in [3.8, 4) is 17.2 Å². The number of methoxy groups -OCH3 is 3. The number of hydrogen-bond donors (Lipinski definition) is 1. The van der Waals surface area contributed by atoms with Crippen LogP contribution in [0.2, 0.25) is 0 Å². The summed E-state index contributed by atoms with van der Waals surface area (Å²) in [4.78, 5) is 0. The topological polar surface area (TPSA) is 47.9 Å². The predicted molar refractivity (Wildman–Crippen MR) is 70.8 cm³/mol. The second kappa shape index (κ2) is 6.50. The highest BCUT2D eigenvalue weighted by molar-refractivity contribution is 5.52. The number of ether oxygens (including phenoxy) is 3. The van der Waals surface area contributed by atoms with E-state index in [0.29, 0.717) is 23.2 Å². The molecular formula is C14H22O4. The molecule has 1 rings (SSSR count). The summed E-state index contributed by atoms with van der Waals surface area (Å²) in [6, 6.07) is 3.66. The zero-order chi connectivity index (χ0) is 13.7. The van der Waals surface area contributed by atoms with Crippen LogP contribution in [0.15, 0.2) is 12.1 Å². The molecule has 0 fully saturated rings. The molecule has 4 nitrogen and oxygen atoms in total. The highest BCUT2D eigenvalue weighted by Crippen LogP contribution is 2.40. The second-order valence-corrected chi connectivity index (χ2v) is 4.48. The van der Waals surface area contributed by atoms with Crippen molar-refractivity contribution in [2.75, 3.05) is 27.9 Å². The molecular weight excluding hydrogens is 232 g/mol. The average molecular weight is 254 g/mol. The summed E-state index contributed by atoms with van der Waals surface area (Å²) < 4.78 is 15.9. The average Bonchev–Trinajstić information content (AvgIpc) is 2.38. The fourth-order valence-electron chi connectivity index (χ4n) is 2.01. The van der Waals surface area contributed by atoms with E-state index in [0.717, 1.165) is 5.56 Å². The Bertz CT molecular complexity index is 388. The van der Waals surface area contributed by atoms with Gasteiger partial charge in [-0.3, -0.25) is 0 Å². The first-order chi connectivity index (χ1) is 8.58. The Balaban J connectivity index is 3.32. The molecule has 0 bridgehead atoms. The van der Waals surface area contributed by atoms with Gasteiger partial charge in [0, 0.05) is 17.5 Å². The van der Waals surface area contributed by atoms with Gasteiger partial charge >= 0.3 is 0 Å². The van der Waals surface area contributed by atoms with Crippen LogP contribution in [0.25, 0.3) is 0 Å². The van der Waals surface area contributed by atoms with Crippen LogP contribution in [0, 0.1) is 5.92 Å². The Morgan fingerprint density at radius 3 is 1.83 bits per heavy atom. The van der Waals surface area contributed by atoms with Crippen molar-refractivity contribution >= 4 is 0 Å². The van der Waals surface area contributed by atoms with E-state index in [1.54, 1.807) is 27.4 Å². The van der Waals surface area contributed by atoms with Gasteiger partial charge < -0.3 is 19.3 Å². The Hall–Kier alpha value is -1.42. The molecule has 0 saturated carbocycles. The van der Waals surface area contributed by atoms with Gasteiger partial charge in [0.2, 0.25) is 0 Å². The fourth-order valence-corrected chi connectivity index (χ4v) is 2.01. The predicted octanol–water partition coefficient (Wildman–Crippen LogP) is 2.44. The molecule has 18 heavy (non-hydrogen) atoms. The lowest BCUT2D eigenvalue weighted by Crippen LogP contribution is -2.13. The van der Waals surface area contributed by atoms with Crippen molar-refractivity contribution < 1.29 is 19.3 Å². The minimum absolute atomic E-state index is 0.0137. The van der Waals surface area contributed by atoms with Crippen LogP contribution >= 0.6 is 0 Å². The van der Waals surface area contributed by atoms with Crippen molar-refractivity contribution in [2.24, 2.45) is 5.92 Å². The van der Waals surface area contributed by atoms with E-state index in [2.05, 4.69) is 13.8 Å². The summed E-state index contributed by atoms with van der Waals surface area (Å²) in [5.74, 6) is 2.30. The lowest BCUT2D eigenvalue weighted by Gasteiger charge is -2.22. The second-order valence-electron chi connectivity index (χ2n) is 4.48. The van der Waals surface area contributed by atoms with Gasteiger partial charge in [-0.2, -0.15) is 0 Å². The lowest BCUT2D eigenvalue weighted by molar-refractivity contribution is 0.233. The Morgan fingerprint density at radius 2 is 1.44 bits per heavy atom. The monoisotopic (exact) mass is 254 g/mol. The van der Waals surface area contributed by atoms with Crippen molar-refractivity contribution in [3.63, 3.8) is 0 Å². The normalized spacial score (nSPS) is 12.4. The molecule has 1 N–H and O–H groups in total. The first-order valence-electron chi connectivity index (χ1n) is 5.99. The minimum Gasteiger partial charge on any atom is -0.496 e. The molecule has 0 saturated heterocycles. The van der Waals surface area contributed by atoms with Gasteiger partial charge in [-0.1, -0.05) is 13.8 Å². The van der Waals surface area contributed by atoms with Gasteiger partial charge in [0.1, 0.15) is 5.75 Å². The molecule has 0 amide bonds. The van der Waals surface area contributed by atoms with Gasteiger partial charge in [-0.15, -0.1) is 0 Å². The third-order valence-corrected chi connectivity index (χ3v) is 3.14. The van der Waals surface area contributed by atoms with E-state index in [1.807, 2.05) is 6.07 Å². The van der Waals surface area contributed by atoms with Crippen LogP contribution < -0.4 is 14.2 Å².